The molecule has 2 unspecified atom stereocenters. The number of pyridine rings is 1. The molecule has 0 N–H and O–H groups in total. The number of alkyl halides is 2. The highest BCUT2D eigenvalue weighted by molar-refractivity contribution is 5.41. The van der Waals surface area contributed by atoms with Crippen molar-refractivity contribution in [2.45, 2.75) is 45.0 Å². The van der Waals surface area contributed by atoms with Crippen LogP contribution in [0.25, 0.3) is 0 Å². The first-order valence-corrected chi connectivity index (χ1v) is 5.74. The largest absolute Gasteiger partial charge is 0.264 e. The lowest BCUT2D eigenvalue weighted by Crippen LogP contribution is -2.44. The van der Waals surface area contributed by atoms with Crippen LogP contribution >= 0.6 is 0 Å². The Morgan fingerprint density at radius 1 is 1.50 bits per heavy atom. The third kappa shape index (κ3) is 1.30. The van der Waals surface area contributed by atoms with Gasteiger partial charge in [0.05, 0.1) is 5.41 Å². The molecule has 0 aromatic carbocycles. The van der Waals surface area contributed by atoms with E-state index in [4.69, 9.17) is 0 Å². The molecular formula is C13H17F2N. The Balaban J connectivity index is 2.58. The van der Waals surface area contributed by atoms with Crippen molar-refractivity contribution in [2.75, 3.05) is 0 Å². The predicted octanol–water partition coefficient (Wildman–Crippen LogP) is 3.58. The van der Waals surface area contributed by atoms with Gasteiger partial charge in [-0.3, -0.25) is 4.98 Å². The lowest BCUT2D eigenvalue weighted by Gasteiger charge is -2.37. The fourth-order valence-corrected chi connectivity index (χ4v) is 2.70. The average molecular weight is 225 g/mol. The summed E-state index contributed by atoms with van der Waals surface area (Å²) in [5.74, 6) is -2.71. The average Bonchev–Trinajstić information content (AvgIpc) is 2.47. The number of aromatic nitrogens is 1. The standard InChI is InChI=1S/C13H17F2N/c1-4-9(2)12(3)11-8-16-6-5-10(11)7-13(12,14)15/h5-6,8-9H,4,7H2,1-3H3. The van der Waals surface area contributed by atoms with Crippen LogP contribution in [0, 0.1) is 5.92 Å². The van der Waals surface area contributed by atoms with E-state index in [1.165, 1.54) is 0 Å². The predicted molar refractivity (Wildman–Crippen MR) is 59.7 cm³/mol. The number of nitrogens with zero attached hydrogens (tertiary/aromatic N) is 1. The van der Waals surface area contributed by atoms with E-state index in [9.17, 15) is 8.78 Å². The van der Waals surface area contributed by atoms with Gasteiger partial charge in [0.2, 0.25) is 0 Å². The molecule has 2 rings (SSSR count). The van der Waals surface area contributed by atoms with Crippen LogP contribution in [0.4, 0.5) is 8.78 Å². The highest BCUT2D eigenvalue weighted by Crippen LogP contribution is 2.53. The van der Waals surface area contributed by atoms with Crippen molar-refractivity contribution in [1.82, 2.24) is 4.98 Å². The number of hydrogen-bond donors (Lipinski definition) is 0. The zero-order valence-electron chi connectivity index (χ0n) is 9.93. The molecular weight excluding hydrogens is 208 g/mol. The van der Waals surface area contributed by atoms with Crippen molar-refractivity contribution in [3.8, 4) is 0 Å². The minimum atomic E-state index is -2.66. The van der Waals surface area contributed by atoms with Crippen LogP contribution in [0.15, 0.2) is 18.5 Å². The molecule has 16 heavy (non-hydrogen) atoms. The van der Waals surface area contributed by atoms with Crippen LogP contribution in [0.5, 0.6) is 0 Å². The Kier molecular flexibility index (Phi) is 2.52. The smallest absolute Gasteiger partial charge is 0.261 e. The summed E-state index contributed by atoms with van der Waals surface area (Å²) in [5.41, 5.74) is 0.419. The van der Waals surface area contributed by atoms with Crippen molar-refractivity contribution in [3.05, 3.63) is 29.6 Å². The molecule has 1 aliphatic rings. The van der Waals surface area contributed by atoms with Gasteiger partial charge in [-0.25, -0.2) is 8.78 Å². The van der Waals surface area contributed by atoms with E-state index in [2.05, 4.69) is 4.98 Å². The lowest BCUT2D eigenvalue weighted by molar-refractivity contribution is -0.0803. The van der Waals surface area contributed by atoms with Crippen LogP contribution in [-0.2, 0) is 11.8 Å². The molecule has 3 heteroatoms. The SMILES string of the molecule is CCC(C)C1(C)c2cnccc2CC1(F)F. The summed E-state index contributed by atoms with van der Waals surface area (Å²) in [4.78, 5) is 4.00. The normalized spacial score (nSPS) is 28.8. The minimum absolute atomic E-state index is 0.0482. The number of rotatable bonds is 2. The molecule has 0 bridgehead atoms. The van der Waals surface area contributed by atoms with E-state index < -0.39 is 11.3 Å². The van der Waals surface area contributed by atoms with Crippen LogP contribution in [0.3, 0.4) is 0 Å². The van der Waals surface area contributed by atoms with Crippen LogP contribution < -0.4 is 0 Å². The van der Waals surface area contributed by atoms with Crippen molar-refractivity contribution in [1.29, 1.82) is 0 Å². The molecule has 2 atom stereocenters. The van der Waals surface area contributed by atoms with Gasteiger partial charge in [-0.1, -0.05) is 20.3 Å². The lowest BCUT2D eigenvalue weighted by atomic mass is 9.71. The van der Waals surface area contributed by atoms with Crippen LogP contribution in [-0.4, -0.2) is 10.9 Å². The van der Waals surface area contributed by atoms with E-state index in [0.29, 0.717) is 0 Å². The number of fused-ring (bicyclic) bond motifs is 1. The summed E-state index contributed by atoms with van der Waals surface area (Å²) in [6.45, 7) is 5.53. The molecule has 0 spiro atoms. The molecule has 1 nitrogen and oxygen atoms in total. The summed E-state index contributed by atoms with van der Waals surface area (Å²) < 4.78 is 28.4. The monoisotopic (exact) mass is 225 g/mol. The van der Waals surface area contributed by atoms with Crippen molar-refractivity contribution in [2.24, 2.45) is 5.92 Å². The first-order chi connectivity index (χ1) is 7.43. The first-order valence-electron chi connectivity index (χ1n) is 5.74. The summed E-state index contributed by atoms with van der Waals surface area (Å²) in [5, 5.41) is 0. The van der Waals surface area contributed by atoms with E-state index in [0.717, 1.165) is 17.5 Å². The third-order valence-corrected chi connectivity index (χ3v) is 4.24. The molecule has 0 radical (unpaired) electrons. The maximum atomic E-state index is 14.2. The molecule has 1 heterocycles. The zero-order chi connectivity index (χ0) is 12.0. The van der Waals surface area contributed by atoms with Crippen molar-refractivity contribution >= 4 is 0 Å². The fourth-order valence-electron chi connectivity index (χ4n) is 2.70. The Morgan fingerprint density at radius 2 is 2.19 bits per heavy atom. The third-order valence-electron chi connectivity index (χ3n) is 4.24. The van der Waals surface area contributed by atoms with Gasteiger partial charge < -0.3 is 0 Å². The molecule has 0 aliphatic heterocycles. The maximum absolute atomic E-state index is 14.2. The van der Waals surface area contributed by atoms with Gasteiger partial charge >= 0.3 is 0 Å². The quantitative estimate of drug-likeness (QED) is 0.749. The van der Waals surface area contributed by atoms with Gasteiger partial charge in [0.25, 0.3) is 5.92 Å². The van der Waals surface area contributed by atoms with Gasteiger partial charge in [0.15, 0.2) is 0 Å². The number of halogens is 2. The highest BCUT2D eigenvalue weighted by Gasteiger charge is 2.59. The highest BCUT2D eigenvalue weighted by atomic mass is 19.3. The minimum Gasteiger partial charge on any atom is -0.264 e. The Hall–Kier alpha value is -0.990. The van der Waals surface area contributed by atoms with Crippen molar-refractivity contribution < 1.29 is 8.78 Å². The molecule has 0 fully saturated rings. The van der Waals surface area contributed by atoms with E-state index in [-0.39, 0.29) is 12.3 Å². The topological polar surface area (TPSA) is 12.9 Å². The summed E-state index contributed by atoms with van der Waals surface area (Å²) >= 11 is 0. The summed E-state index contributed by atoms with van der Waals surface area (Å²) in [7, 11) is 0. The Labute approximate surface area is 94.9 Å². The molecule has 1 aromatic rings. The van der Waals surface area contributed by atoms with Gasteiger partial charge in [0.1, 0.15) is 0 Å². The van der Waals surface area contributed by atoms with E-state index in [1.807, 2.05) is 13.8 Å². The van der Waals surface area contributed by atoms with Crippen LogP contribution in [0.1, 0.15) is 38.3 Å². The van der Waals surface area contributed by atoms with E-state index in [1.54, 1.807) is 25.4 Å². The van der Waals surface area contributed by atoms with Crippen LogP contribution in [0.2, 0.25) is 0 Å². The van der Waals surface area contributed by atoms with Gasteiger partial charge in [-0.2, -0.15) is 0 Å². The second-order valence-electron chi connectivity index (χ2n) is 4.93. The Morgan fingerprint density at radius 3 is 2.81 bits per heavy atom. The van der Waals surface area contributed by atoms with Gasteiger partial charge in [-0.05, 0) is 30.0 Å². The fraction of sp³-hybridized carbons (Fsp3) is 0.615. The molecule has 88 valence electrons. The second-order valence-corrected chi connectivity index (χ2v) is 4.93. The van der Waals surface area contributed by atoms with Crippen molar-refractivity contribution in [3.63, 3.8) is 0 Å². The first kappa shape index (κ1) is 11.5. The maximum Gasteiger partial charge on any atom is 0.261 e. The molecule has 0 amide bonds. The summed E-state index contributed by atoms with van der Waals surface area (Å²) in [6.07, 6.45) is 3.81. The molecule has 0 saturated heterocycles. The zero-order valence-corrected chi connectivity index (χ0v) is 9.93. The number of hydrogen-bond acceptors (Lipinski definition) is 1. The van der Waals surface area contributed by atoms with Gasteiger partial charge in [0, 0.05) is 18.8 Å². The van der Waals surface area contributed by atoms with Gasteiger partial charge in [-0.15, -0.1) is 0 Å². The molecule has 0 saturated carbocycles. The Bertz CT molecular complexity index is 403. The van der Waals surface area contributed by atoms with E-state index >= 15 is 0 Å². The molecule has 1 aliphatic carbocycles. The second kappa shape index (κ2) is 3.51. The summed E-state index contributed by atoms with van der Waals surface area (Å²) in [6, 6.07) is 1.72. The molecule has 1 aromatic heterocycles.